The van der Waals surface area contributed by atoms with Crippen LogP contribution in [0.15, 0.2) is 53.4 Å². The molecular formula is C20H24N2O5S. The molecule has 8 heteroatoms. The number of carbonyl (C=O) groups is 1. The molecule has 1 saturated heterocycles. The molecule has 28 heavy (non-hydrogen) atoms. The van der Waals surface area contributed by atoms with Gasteiger partial charge in [-0.15, -0.1) is 0 Å². The standard InChI is InChI=1S/C20H24N2O5S/c1-15-6-8-16(9-7-15)14-27-17-10-12-22(13-11-17)28(25,26)19-5-3-2-4-18(19)20(23)21-24/h2-9,17,24H,10-14H2,1H3,(H,21,23). The number of nitrogens with zero attached hydrogens (tertiary/aromatic N) is 1. The quantitative estimate of drug-likeness (QED) is 0.570. The van der Waals surface area contributed by atoms with Crippen LogP contribution in [0.5, 0.6) is 0 Å². The highest BCUT2D eigenvalue weighted by Gasteiger charge is 2.32. The minimum atomic E-state index is -3.84. The maximum atomic E-state index is 13.0. The smallest absolute Gasteiger partial charge is 0.276 e. The van der Waals surface area contributed by atoms with Crippen molar-refractivity contribution < 1.29 is 23.2 Å². The topological polar surface area (TPSA) is 95.9 Å². The van der Waals surface area contributed by atoms with Crippen LogP contribution in [0.25, 0.3) is 0 Å². The first-order chi connectivity index (χ1) is 13.4. The van der Waals surface area contributed by atoms with Crippen molar-refractivity contribution in [1.29, 1.82) is 0 Å². The third kappa shape index (κ3) is 4.59. The van der Waals surface area contributed by atoms with Crippen molar-refractivity contribution in [3.8, 4) is 0 Å². The zero-order chi connectivity index (χ0) is 20.1. The number of nitrogens with one attached hydrogen (secondary N) is 1. The summed E-state index contributed by atoms with van der Waals surface area (Å²) < 4.78 is 33.2. The maximum absolute atomic E-state index is 13.0. The number of carbonyl (C=O) groups excluding carboxylic acids is 1. The summed E-state index contributed by atoms with van der Waals surface area (Å²) in [6.07, 6.45) is 1.16. The number of rotatable bonds is 6. The van der Waals surface area contributed by atoms with Gasteiger partial charge in [0.2, 0.25) is 10.0 Å². The third-order valence-electron chi connectivity index (χ3n) is 4.86. The van der Waals surface area contributed by atoms with Gasteiger partial charge in [0.15, 0.2) is 0 Å². The molecule has 0 bridgehead atoms. The van der Waals surface area contributed by atoms with Crippen molar-refractivity contribution in [3.05, 3.63) is 65.2 Å². The maximum Gasteiger partial charge on any atom is 0.276 e. The normalized spacial score (nSPS) is 16.1. The summed E-state index contributed by atoms with van der Waals surface area (Å²) in [5, 5.41) is 8.87. The highest BCUT2D eigenvalue weighted by atomic mass is 32.2. The Bertz CT molecular complexity index is 920. The van der Waals surface area contributed by atoms with Crippen molar-refractivity contribution >= 4 is 15.9 Å². The van der Waals surface area contributed by atoms with Gasteiger partial charge < -0.3 is 4.74 Å². The van der Waals surface area contributed by atoms with Crippen LogP contribution in [-0.4, -0.2) is 43.0 Å². The Morgan fingerprint density at radius 3 is 2.43 bits per heavy atom. The van der Waals surface area contributed by atoms with E-state index < -0.39 is 15.9 Å². The van der Waals surface area contributed by atoms with E-state index in [1.165, 1.54) is 27.5 Å². The third-order valence-corrected chi connectivity index (χ3v) is 6.82. The number of hydrogen-bond donors (Lipinski definition) is 2. The highest BCUT2D eigenvalue weighted by Crippen LogP contribution is 2.25. The van der Waals surface area contributed by atoms with Crippen LogP contribution in [-0.2, 0) is 21.4 Å². The number of ether oxygens (including phenoxy) is 1. The van der Waals surface area contributed by atoms with Crippen molar-refractivity contribution in [2.45, 2.75) is 37.4 Å². The monoisotopic (exact) mass is 404 g/mol. The Morgan fingerprint density at radius 1 is 1.14 bits per heavy atom. The van der Waals surface area contributed by atoms with Gasteiger partial charge in [0.25, 0.3) is 5.91 Å². The average molecular weight is 404 g/mol. The predicted molar refractivity (Wildman–Crippen MR) is 103 cm³/mol. The Labute approximate surface area is 164 Å². The molecule has 2 N–H and O–H groups in total. The van der Waals surface area contributed by atoms with Crippen LogP contribution in [0, 0.1) is 6.92 Å². The molecule has 0 atom stereocenters. The first-order valence-corrected chi connectivity index (χ1v) is 10.6. The van der Waals surface area contributed by atoms with Crippen molar-refractivity contribution in [1.82, 2.24) is 9.79 Å². The molecule has 2 aromatic rings. The average Bonchev–Trinajstić information content (AvgIpc) is 2.73. The van der Waals surface area contributed by atoms with Crippen LogP contribution in [0.3, 0.4) is 0 Å². The Balaban J connectivity index is 1.62. The molecule has 0 aromatic heterocycles. The first-order valence-electron chi connectivity index (χ1n) is 9.12. The second-order valence-electron chi connectivity index (χ2n) is 6.84. The van der Waals surface area contributed by atoms with Crippen LogP contribution in [0.1, 0.15) is 34.3 Å². The summed E-state index contributed by atoms with van der Waals surface area (Å²) in [5.41, 5.74) is 3.70. The Morgan fingerprint density at radius 2 is 1.79 bits per heavy atom. The molecular weight excluding hydrogens is 380 g/mol. The summed E-state index contributed by atoms with van der Waals surface area (Å²) in [5.74, 6) is -0.851. The highest BCUT2D eigenvalue weighted by molar-refractivity contribution is 7.89. The van der Waals surface area contributed by atoms with Gasteiger partial charge in [0, 0.05) is 13.1 Å². The first kappa shape index (κ1) is 20.5. The molecule has 2 aromatic carbocycles. The predicted octanol–water partition coefficient (Wildman–Crippen LogP) is 2.48. The number of hydrogen-bond acceptors (Lipinski definition) is 5. The van der Waals surface area contributed by atoms with Gasteiger partial charge in [-0.05, 0) is 37.5 Å². The largest absolute Gasteiger partial charge is 0.373 e. The minimum absolute atomic E-state index is 0.0104. The molecule has 0 radical (unpaired) electrons. The molecule has 7 nitrogen and oxygen atoms in total. The molecule has 1 aliphatic heterocycles. The fourth-order valence-corrected chi connectivity index (χ4v) is 4.87. The molecule has 0 spiro atoms. The van der Waals surface area contributed by atoms with Gasteiger partial charge in [0.05, 0.1) is 23.2 Å². The second-order valence-corrected chi connectivity index (χ2v) is 8.74. The van der Waals surface area contributed by atoms with Crippen molar-refractivity contribution in [2.75, 3.05) is 13.1 Å². The van der Waals surface area contributed by atoms with E-state index in [0.29, 0.717) is 32.5 Å². The lowest BCUT2D eigenvalue weighted by atomic mass is 10.1. The number of hydroxylamine groups is 1. The minimum Gasteiger partial charge on any atom is -0.373 e. The summed E-state index contributed by atoms with van der Waals surface area (Å²) >= 11 is 0. The van der Waals surface area contributed by atoms with Gasteiger partial charge in [-0.1, -0.05) is 42.0 Å². The van der Waals surface area contributed by atoms with Gasteiger partial charge in [0.1, 0.15) is 0 Å². The molecule has 0 saturated carbocycles. The molecule has 1 amide bonds. The zero-order valence-electron chi connectivity index (χ0n) is 15.7. The second kappa shape index (κ2) is 8.83. The van der Waals surface area contributed by atoms with E-state index in [1.807, 2.05) is 31.2 Å². The van der Waals surface area contributed by atoms with E-state index in [0.717, 1.165) is 5.56 Å². The number of amides is 1. The molecule has 0 unspecified atom stereocenters. The number of aryl methyl sites for hydroxylation is 1. The van der Waals surface area contributed by atoms with Gasteiger partial charge >= 0.3 is 0 Å². The molecule has 1 heterocycles. The van der Waals surface area contributed by atoms with Crippen molar-refractivity contribution in [2.24, 2.45) is 0 Å². The summed E-state index contributed by atoms with van der Waals surface area (Å²) in [7, 11) is -3.84. The lowest BCUT2D eigenvalue weighted by Crippen LogP contribution is -2.41. The zero-order valence-corrected chi connectivity index (χ0v) is 16.5. The number of sulfonamides is 1. The van der Waals surface area contributed by atoms with Crippen LogP contribution in [0.2, 0.25) is 0 Å². The molecule has 1 aliphatic rings. The molecule has 150 valence electrons. The molecule has 3 rings (SSSR count). The summed E-state index contributed by atoms with van der Waals surface area (Å²) in [6.45, 7) is 3.16. The SMILES string of the molecule is Cc1ccc(COC2CCN(S(=O)(=O)c3ccccc3C(=O)NO)CC2)cc1. The van der Waals surface area contributed by atoms with Gasteiger partial charge in [-0.2, -0.15) is 4.31 Å². The molecule has 1 fully saturated rings. The van der Waals surface area contributed by atoms with E-state index in [2.05, 4.69) is 0 Å². The van der Waals surface area contributed by atoms with Crippen LogP contribution < -0.4 is 5.48 Å². The van der Waals surface area contributed by atoms with Crippen molar-refractivity contribution in [3.63, 3.8) is 0 Å². The summed E-state index contributed by atoms with van der Waals surface area (Å²) in [6, 6.07) is 14.0. The summed E-state index contributed by atoms with van der Waals surface area (Å²) in [4.78, 5) is 11.7. The van der Waals surface area contributed by atoms with E-state index in [9.17, 15) is 13.2 Å². The number of benzene rings is 2. The Hall–Kier alpha value is -2.26. The van der Waals surface area contributed by atoms with Crippen LogP contribution in [0.4, 0.5) is 0 Å². The lowest BCUT2D eigenvalue weighted by Gasteiger charge is -2.31. The van der Waals surface area contributed by atoms with E-state index in [1.54, 1.807) is 12.1 Å². The fourth-order valence-electron chi connectivity index (χ4n) is 3.22. The van der Waals surface area contributed by atoms with E-state index >= 15 is 0 Å². The van der Waals surface area contributed by atoms with E-state index in [-0.39, 0.29) is 16.6 Å². The lowest BCUT2D eigenvalue weighted by molar-refractivity contribution is 0.0102. The van der Waals surface area contributed by atoms with Gasteiger partial charge in [-0.3, -0.25) is 10.0 Å². The van der Waals surface area contributed by atoms with Gasteiger partial charge in [-0.25, -0.2) is 13.9 Å². The Kier molecular flexibility index (Phi) is 6.46. The van der Waals surface area contributed by atoms with E-state index in [4.69, 9.17) is 9.94 Å². The fraction of sp³-hybridized carbons (Fsp3) is 0.350. The number of piperidine rings is 1. The molecule has 0 aliphatic carbocycles. The van der Waals surface area contributed by atoms with Crippen LogP contribution >= 0.6 is 0 Å².